The number of hydrogen-bond acceptors (Lipinski definition) is 4. The third kappa shape index (κ3) is 4.16. The van der Waals surface area contributed by atoms with Crippen LogP contribution in [0.15, 0.2) is 60.9 Å². The summed E-state index contributed by atoms with van der Waals surface area (Å²) in [4.78, 5) is 16.2. The van der Waals surface area contributed by atoms with E-state index >= 15 is 0 Å². The molecule has 1 atom stereocenters. The van der Waals surface area contributed by atoms with Gasteiger partial charge in [0.1, 0.15) is 5.75 Å². The van der Waals surface area contributed by atoms with Gasteiger partial charge in [-0.3, -0.25) is 4.98 Å². The number of aryl methyl sites for hydroxylation is 2. The highest BCUT2D eigenvalue weighted by Gasteiger charge is 2.23. The monoisotopic (exact) mass is 387 g/mol. The van der Waals surface area contributed by atoms with E-state index < -0.39 is 0 Å². The molecule has 0 unspecified atom stereocenters. The van der Waals surface area contributed by atoms with Gasteiger partial charge < -0.3 is 9.47 Å². The first-order chi connectivity index (χ1) is 14.2. The van der Waals surface area contributed by atoms with Crippen molar-refractivity contribution in [1.82, 2.24) is 4.98 Å². The molecule has 0 saturated carbocycles. The maximum Gasteiger partial charge on any atom is 0.338 e. The van der Waals surface area contributed by atoms with E-state index in [1.807, 2.05) is 0 Å². The number of nitrogens with zero attached hydrogens (tertiary/aromatic N) is 1. The van der Waals surface area contributed by atoms with Crippen LogP contribution >= 0.6 is 0 Å². The molecule has 4 rings (SSSR count). The van der Waals surface area contributed by atoms with E-state index in [-0.39, 0.29) is 5.97 Å². The second-order valence-electron chi connectivity index (χ2n) is 7.52. The van der Waals surface area contributed by atoms with Gasteiger partial charge in [0.15, 0.2) is 0 Å². The van der Waals surface area contributed by atoms with E-state index in [9.17, 15) is 4.79 Å². The number of pyridine rings is 1. The molecule has 148 valence electrons. The summed E-state index contributed by atoms with van der Waals surface area (Å²) in [7, 11) is 1.41. The van der Waals surface area contributed by atoms with E-state index in [1.165, 1.54) is 29.4 Å². The Hall–Kier alpha value is -3.14. The molecular weight excluding hydrogens is 362 g/mol. The summed E-state index contributed by atoms with van der Waals surface area (Å²) in [5.74, 6) is 1.06. The van der Waals surface area contributed by atoms with Crippen LogP contribution in [0.3, 0.4) is 0 Å². The van der Waals surface area contributed by atoms with Crippen molar-refractivity contribution in [3.8, 4) is 16.9 Å². The third-order valence-corrected chi connectivity index (χ3v) is 5.63. The Balaban J connectivity index is 1.53. The lowest BCUT2D eigenvalue weighted by atomic mass is 9.86. The Morgan fingerprint density at radius 1 is 1.14 bits per heavy atom. The number of carbonyl (C=O) groups excluding carboxylic acids is 1. The maximum atomic E-state index is 12.0. The zero-order valence-corrected chi connectivity index (χ0v) is 16.9. The molecule has 0 saturated heterocycles. The molecule has 4 nitrogen and oxygen atoms in total. The van der Waals surface area contributed by atoms with Gasteiger partial charge in [0, 0.05) is 12.4 Å². The first-order valence-electron chi connectivity index (χ1n) is 10.0. The number of carbonyl (C=O) groups is 1. The van der Waals surface area contributed by atoms with Crippen LogP contribution in [0.2, 0.25) is 0 Å². The summed E-state index contributed by atoms with van der Waals surface area (Å²) in [6, 6.07) is 16.8. The Labute approximate surface area is 171 Å². The number of rotatable bonds is 5. The van der Waals surface area contributed by atoms with Crippen LogP contribution < -0.4 is 4.74 Å². The van der Waals surface area contributed by atoms with Gasteiger partial charge in [0.05, 0.1) is 19.3 Å². The lowest BCUT2D eigenvalue weighted by Gasteiger charge is -2.26. The molecule has 3 aromatic rings. The van der Waals surface area contributed by atoms with Gasteiger partial charge in [0.25, 0.3) is 0 Å². The van der Waals surface area contributed by atoms with E-state index in [2.05, 4.69) is 54.4 Å². The normalized spacial score (nSPS) is 15.3. The molecule has 0 bridgehead atoms. The molecule has 0 N–H and O–H groups in total. The van der Waals surface area contributed by atoms with Crippen LogP contribution in [0.5, 0.6) is 5.75 Å². The van der Waals surface area contributed by atoms with Crippen LogP contribution in [-0.2, 0) is 11.2 Å². The van der Waals surface area contributed by atoms with Crippen molar-refractivity contribution in [1.29, 1.82) is 0 Å². The highest BCUT2D eigenvalue weighted by atomic mass is 16.5. The minimum atomic E-state index is -0.308. The van der Waals surface area contributed by atoms with Gasteiger partial charge in [-0.15, -0.1) is 0 Å². The molecule has 1 aliphatic heterocycles. The van der Waals surface area contributed by atoms with Crippen LogP contribution in [-0.4, -0.2) is 24.7 Å². The van der Waals surface area contributed by atoms with Gasteiger partial charge >= 0.3 is 5.97 Å². The molecule has 0 spiro atoms. The summed E-state index contributed by atoms with van der Waals surface area (Å²) in [6.07, 6.45) is 6.10. The number of benzene rings is 2. The number of methoxy groups -OCH3 is 1. The summed E-state index contributed by atoms with van der Waals surface area (Å²) in [5, 5.41) is 0. The molecule has 0 fully saturated rings. The predicted molar refractivity (Wildman–Crippen MR) is 113 cm³/mol. The summed E-state index contributed by atoms with van der Waals surface area (Å²) in [6.45, 7) is 2.81. The second-order valence-corrected chi connectivity index (χ2v) is 7.52. The van der Waals surface area contributed by atoms with Crippen LogP contribution in [0.4, 0.5) is 0 Å². The van der Waals surface area contributed by atoms with Crippen molar-refractivity contribution < 1.29 is 14.3 Å². The van der Waals surface area contributed by atoms with Crippen LogP contribution in [0, 0.1) is 6.92 Å². The molecule has 0 aliphatic carbocycles. The number of aromatic nitrogens is 1. The second kappa shape index (κ2) is 8.48. The third-order valence-electron chi connectivity index (χ3n) is 5.63. The van der Waals surface area contributed by atoms with Crippen LogP contribution in [0.25, 0.3) is 11.1 Å². The predicted octanol–water partition coefficient (Wildman–Crippen LogP) is 5.34. The highest BCUT2D eigenvalue weighted by Crippen LogP contribution is 2.39. The van der Waals surface area contributed by atoms with Crippen molar-refractivity contribution in [3.63, 3.8) is 0 Å². The Kier molecular flexibility index (Phi) is 5.61. The first kappa shape index (κ1) is 19.2. The molecule has 2 aromatic carbocycles. The van der Waals surface area contributed by atoms with Crippen LogP contribution in [0.1, 0.15) is 45.8 Å². The fourth-order valence-electron chi connectivity index (χ4n) is 3.95. The van der Waals surface area contributed by atoms with Crippen molar-refractivity contribution in [3.05, 3.63) is 83.2 Å². The molecule has 0 amide bonds. The Morgan fingerprint density at radius 3 is 2.72 bits per heavy atom. The lowest BCUT2D eigenvalue weighted by molar-refractivity contribution is 0.0599. The fourth-order valence-corrected chi connectivity index (χ4v) is 3.95. The quantitative estimate of drug-likeness (QED) is 0.554. The topological polar surface area (TPSA) is 48.4 Å². The average Bonchev–Trinajstić information content (AvgIpc) is 2.77. The summed E-state index contributed by atoms with van der Waals surface area (Å²) < 4.78 is 10.9. The number of hydrogen-bond donors (Lipinski definition) is 0. The smallest absolute Gasteiger partial charge is 0.338 e. The van der Waals surface area contributed by atoms with Crippen molar-refractivity contribution in [2.24, 2.45) is 0 Å². The molecule has 2 heterocycles. The molecule has 0 radical (unpaired) electrons. The van der Waals surface area contributed by atoms with E-state index in [1.54, 1.807) is 18.5 Å². The van der Waals surface area contributed by atoms with Gasteiger partial charge in [-0.2, -0.15) is 0 Å². The summed E-state index contributed by atoms with van der Waals surface area (Å²) in [5.41, 5.74) is 6.40. The average molecular weight is 387 g/mol. The van der Waals surface area contributed by atoms with Gasteiger partial charge in [0.2, 0.25) is 0 Å². The van der Waals surface area contributed by atoms with E-state index in [0.29, 0.717) is 18.1 Å². The molecule has 1 aliphatic rings. The SMILES string of the molecule is COC(=O)c1ccncc1CC[C@@H]1CCOc2cc(-c3ccc(C)cc3)ccc21. The zero-order chi connectivity index (χ0) is 20.2. The zero-order valence-electron chi connectivity index (χ0n) is 16.9. The summed E-state index contributed by atoms with van der Waals surface area (Å²) >= 11 is 0. The molecule has 4 heteroatoms. The van der Waals surface area contributed by atoms with E-state index in [0.717, 1.165) is 30.6 Å². The van der Waals surface area contributed by atoms with Gasteiger partial charge in [-0.1, -0.05) is 42.0 Å². The van der Waals surface area contributed by atoms with Gasteiger partial charge in [-0.05, 0) is 66.5 Å². The fraction of sp³-hybridized carbons (Fsp3) is 0.280. The van der Waals surface area contributed by atoms with Gasteiger partial charge in [-0.25, -0.2) is 4.79 Å². The lowest BCUT2D eigenvalue weighted by Crippen LogP contribution is -2.15. The number of esters is 1. The first-order valence-corrected chi connectivity index (χ1v) is 10.0. The largest absolute Gasteiger partial charge is 0.493 e. The van der Waals surface area contributed by atoms with E-state index in [4.69, 9.17) is 9.47 Å². The minimum Gasteiger partial charge on any atom is -0.493 e. The Morgan fingerprint density at radius 2 is 1.93 bits per heavy atom. The standard InChI is InChI=1S/C25H25NO3/c1-17-3-5-18(6-4-17)20-9-10-22-19(12-14-29-24(22)15-20)7-8-21-16-26-13-11-23(21)25(27)28-2/h3-6,9-11,13,15-16,19H,7-8,12,14H2,1-2H3/t19-/m1/s1. The molecule has 1 aromatic heterocycles. The number of ether oxygens (including phenoxy) is 2. The minimum absolute atomic E-state index is 0.308. The number of fused-ring (bicyclic) bond motifs is 1. The Bertz CT molecular complexity index is 1010. The molecule has 29 heavy (non-hydrogen) atoms. The van der Waals surface area contributed by atoms with Crippen molar-refractivity contribution in [2.75, 3.05) is 13.7 Å². The highest BCUT2D eigenvalue weighted by molar-refractivity contribution is 5.90. The molecular formula is C25H25NO3. The van der Waals surface area contributed by atoms with Crippen molar-refractivity contribution >= 4 is 5.97 Å². The maximum absolute atomic E-state index is 12.0. The van der Waals surface area contributed by atoms with Crippen molar-refractivity contribution in [2.45, 2.75) is 32.1 Å².